The van der Waals surface area contributed by atoms with Crippen molar-refractivity contribution in [1.82, 2.24) is 0 Å². The maximum atomic E-state index is 10.8. The third kappa shape index (κ3) is 2.08. The summed E-state index contributed by atoms with van der Waals surface area (Å²) >= 11 is 0. The Morgan fingerprint density at radius 1 is 1.14 bits per heavy atom. The fourth-order valence-corrected chi connectivity index (χ4v) is 2.85. The van der Waals surface area contributed by atoms with Gasteiger partial charge in [-0.25, -0.2) is 0 Å². The number of rotatable bonds is 1. The average Bonchev–Trinajstić information content (AvgIpc) is 2.18. The molecule has 0 aliphatic heterocycles. The predicted molar refractivity (Wildman–Crippen MR) is 58.0 cm³/mol. The molecule has 0 heterocycles. The fourth-order valence-electron chi connectivity index (χ4n) is 2.85. The summed E-state index contributed by atoms with van der Waals surface area (Å²) < 4.78 is 0. The van der Waals surface area contributed by atoms with E-state index in [4.69, 9.17) is 0 Å². The highest BCUT2D eigenvalue weighted by atomic mass is 16.1. The molecule has 0 amide bonds. The molecule has 0 N–H and O–H groups in total. The van der Waals surface area contributed by atoms with E-state index in [2.05, 4.69) is 12.2 Å². The normalized spacial score (nSPS) is 40.4. The molecule has 1 fully saturated rings. The molecule has 1 saturated carbocycles. The minimum Gasteiger partial charge on any atom is -0.303 e. The molecule has 2 rings (SSSR count). The first-order valence-corrected chi connectivity index (χ1v) is 6.04. The van der Waals surface area contributed by atoms with Gasteiger partial charge in [0, 0.05) is 5.92 Å². The number of fused-ring (bicyclic) bond motifs is 1. The van der Waals surface area contributed by atoms with E-state index >= 15 is 0 Å². The van der Waals surface area contributed by atoms with E-state index in [0.717, 1.165) is 18.6 Å². The molecule has 0 bridgehead atoms. The molecule has 2 aliphatic carbocycles. The van der Waals surface area contributed by atoms with Crippen molar-refractivity contribution in [3.63, 3.8) is 0 Å². The molecule has 1 nitrogen and oxygen atoms in total. The molecule has 3 unspecified atom stereocenters. The zero-order chi connectivity index (χ0) is 9.80. The summed E-state index contributed by atoms with van der Waals surface area (Å²) in [5.41, 5.74) is 0. The Morgan fingerprint density at radius 3 is 2.86 bits per heavy atom. The lowest BCUT2D eigenvalue weighted by Gasteiger charge is -2.40. The Balaban J connectivity index is 1.94. The van der Waals surface area contributed by atoms with Gasteiger partial charge in [0.15, 0.2) is 0 Å². The SMILES string of the molecule is O=CC1CC2CCCCCC/C=C\C12. The second-order valence-electron chi connectivity index (χ2n) is 4.79. The van der Waals surface area contributed by atoms with Gasteiger partial charge >= 0.3 is 0 Å². The van der Waals surface area contributed by atoms with E-state index in [9.17, 15) is 4.79 Å². The van der Waals surface area contributed by atoms with E-state index < -0.39 is 0 Å². The Labute approximate surface area is 86.6 Å². The number of allylic oxidation sites excluding steroid dienone is 2. The molecule has 0 aromatic rings. The monoisotopic (exact) mass is 192 g/mol. The van der Waals surface area contributed by atoms with Gasteiger partial charge in [0.2, 0.25) is 0 Å². The van der Waals surface area contributed by atoms with Crippen LogP contribution in [0.4, 0.5) is 0 Å². The van der Waals surface area contributed by atoms with Crippen LogP contribution in [0.2, 0.25) is 0 Å². The number of hydrogen-bond acceptors (Lipinski definition) is 1. The van der Waals surface area contributed by atoms with Gasteiger partial charge in [-0.3, -0.25) is 0 Å². The molecule has 0 aromatic carbocycles. The lowest BCUT2D eigenvalue weighted by Crippen LogP contribution is -2.36. The van der Waals surface area contributed by atoms with Gasteiger partial charge in [-0.1, -0.05) is 31.4 Å². The van der Waals surface area contributed by atoms with Crippen LogP contribution in [0.25, 0.3) is 0 Å². The standard InChI is InChI=1S/C13H20O/c14-10-12-9-11-7-5-3-1-2-4-6-8-13(11)12/h6,8,10-13H,1-5,7,9H2/b8-6-. The zero-order valence-electron chi connectivity index (χ0n) is 8.82. The second-order valence-corrected chi connectivity index (χ2v) is 4.79. The average molecular weight is 192 g/mol. The highest BCUT2D eigenvalue weighted by molar-refractivity contribution is 5.56. The van der Waals surface area contributed by atoms with Crippen molar-refractivity contribution in [2.75, 3.05) is 0 Å². The van der Waals surface area contributed by atoms with Gasteiger partial charge in [-0.15, -0.1) is 0 Å². The summed E-state index contributed by atoms with van der Waals surface area (Å²) in [6.45, 7) is 0. The highest BCUT2D eigenvalue weighted by Gasteiger charge is 2.38. The summed E-state index contributed by atoms with van der Waals surface area (Å²) in [6, 6.07) is 0. The molecule has 78 valence electrons. The van der Waals surface area contributed by atoms with Gasteiger partial charge < -0.3 is 4.79 Å². The minimum atomic E-state index is 0.343. The number of aldehydes is 1. The third-order valence-corrected chi connectivity index (χ3v) is 3.84. The van der Waals surface area contributed by atoms with E-state index in [-0.39, 0.29) is 0 Å². The first kappa shape index (κ1) is 9.95. The Morgan fingerprint density at radius 2 is 2.00 bits per heavy atom. The minimum absolute atomic E-state index is 0.343. The van der Waals surface area contributed by atoms with Gasteiger partial charge in [0.1, 0.15) is 6.29 Å². The van der Waals surface area contributed by atoms with Crippen molar-refractivity contribution < 1.29 is 4.79 Å². The molecule has 1 heteroatoms. The van der Waals surface area contributed by atoms with Crippen LogP contribution in [0, 0.1) is 17.8 Å². The molecule has 0 aromatic heterocycles. The van der Waals surface area contributed by atoms with Gasteiger partial charge in [0.05, 0.1) is 0 Å². The summed E-state index contributed by atoms with van der Waals surface area (Å²) in [5, 5.41) is 0. The van der Waals surface area contributed by atoms with Gasteiger partial charge in [-0.05, 0) is 37.5 Å². The van der Waals surface area contributed by atoms with Crippen LogP contribution in [0.1, 0.15) is 44.9 Å². The van der Waals surface area contributed by atoms with Crippen molar-refractivity contribution in [2.24, 2.45) is 17.8 Å². The third-order valence-electron chi connectivity index (χ3n) is 3.84. The molecule has 14 heavy (non-hydrogen) atoms. The molecular formula is C13H20O. The Kier molecular flexibility index (Phi) is 3.39. The van der Waals surface area contributed by atoms with Crippen LogP contribution < -0.4 is 0 Å². The molecule has 0 spiro atoms. The summed E-state index contributed by atoms with van der Waals surface area (Å²) in [5.74, 6) is 1.75. The summed E-state index contributed by atoms with van der Waals surface area (Å²) in [4.78, 5) is 10.8. The van der Waals surface area contributed by atoms with Gasteiger partial charge in [-0.2, -0.15) is 0 Å². The lowest BCUT2D eigenvalue weighted by atomic mass is 9.63. The number of carbonyl (C=O) groups excluding carboxylic acids is 1. The van der Waals surface area contributed by atoms with Crippen LogP contribution in [0.5, 0.6) is 0 Å². The van der Waals surface area contributed by atoms with Crippen molar-refractivity contribution in [1.29, 1.82) is 0 Å². The fraction of sp³-hybridized carbons (Fsp3) is 0.769. The van der Waals surface area contributed by atoms with E-state index in [1.165, 1.54) is 38.5 Å². The maximum Gasteiger partial charge on any atom is 0.123 e. The zero-order valence-corrected chi connectivity index (χ0v) is 8.82. The lowest BCUT2D eigenvalue weighted by molar-refractivity contribution is -0.117. The van der Waals surface area contributed by atoms with Crippen molar-refractivity contribution in [3.8, 4) is 0 Å². The quantitative estimate of drug-likeness (QED) is 0.460. The smallest absolute Gasteiger partial charge is 0.123 e. The largest absolute Gasteiger partial charge is 0.303 e. The number of hydrogen-bond donors (Lipinski definition) is 0. The van der Waals surface area contributed by atoms with Crippen LogP contribution in [-0.2, 0) is 4.79 Å². The van der Waals surface area contributed by atoms with Crippen LogP contribution in [-0.4, -0.2) is 6.29 Å². The van der Waals surface area contributed by atoms with Crippen LogP contribution in [0.15, 0.2) is 12.2 Å². The summed E-state index contributed by atoms with van der Waals surface area (Å²) in [7, 11) is 0. The predicted octanol–water partition coefficient (Wildman–Crippen LogP) is 3.35. The first-order chi connectivity index (χ1) is 6.92. The number of carbonyl (C=O) groups is 1. The van der Waals surface area contributed by atoms with E-state index in [0.29, 0.717) is 11.8 Å². The topological polar surface area (TPSA) is 17.1 Å². The van der Waals surface area contributed by atoms with Gasteiger partial charge in [0.25, 0.3) is 0 Å². The van der Waals surface area contributed by atoms with E-state index in [1.807, 2.05) is 0 Å². The molecule has 2 aliphatic rings. The van der Waals surface area contributed by atoms with Crippen molar-refractivity contribution >= 4 is 6.29 Å². The van der Waals surface area contributed by atoms with Crippen LogP contribution >= 0.6 is 0 Å². The van der Waals surface area contributed by atoms with Crippen LogP contribution in [0.3, 0.4) is 0 Å². The second kappa shape index (κ2) is 4.77. The van der Waals surface area contributed by atoms with Crippen molar-refractivity contribution in [2.45, 2.75) is 44.9 Å². The van der Waals surface area contributed by atoms with Crippen molar-refractivity contribution in [3.05, 3.63) is 12.2 Å². The Bertz CT molecular complexity index is 219. The molecular weight excluding hydrogens is 172 g/mol. The summed E-state index contributed by atoms with van der Waals surface area (Å²) in [6.07, 6.45) is 15.0. The maximum absolute atomic E-state index is 10.8. The van der Waals surface area contributed by atoms with E-state index in [1.54, 1.807) is 0 Å². The highest BCUT2D eigenvalue weighted by Crippen LogP contribution is 2.43. The molecule has 3 atom stereocenters. The molecule has 0 saturated heterocycles. The Hall–Kier alpha value is -0.590. The first-order valence-electron chi connectivity index (χ1n) is 6.04. The molecule has 0 radical (unpaired) electrons.